The van der Waals surface area contributed by atoms with Crippen LogP contribution in [0.3, 0.4) is 0 Å². The van der Waals surface area contributed by atoms with Crippen molar-refractivity contribution in [2.45, 2.75) is 59.1 Å². The molecular weight excluding hydrogens is 234 g/mol. The SMILES string of the molecule is CCC[Si](OCC)(OCC)OC(C)CCC#N. The molecule has 0 spiro atoms. The second kappa shape index (κ2) is 9.60. The van der Waals surface area contributed by atoms with E-state index in [0.29, 0.717) is 19.6 Å². The fourth-order valence-corrected chi connectivity index (χ4v) is 4.54. The minimum Gasteiger partial charge on any atom is -0.374 e. The molecule has 0 aliphatic heterocycles. The average molecular weight is 259 g/mol. The summed E-state index contributed by atoms with van der Waals surface area (Å²) < 4.78 is 17.5. The second-order valence-electron chi connectivity index (χ2n) is 3.92. The van der Waals surface area contributed by atoms with E-state index in [0.717, 1.165) is 18.9 Å². The van der Waals surface area contributed by atoms with Crippen molar-refractivity contribution in [3.63, 3.8) is 0 Å². The second-order valence-corrected chi connectivity index (χ2v) is 6.60. The van der Waals surface area contributed by atoms with Gasteiger partial charge in [0.1, 0.15) is 0 Å². The van der Waals surface area contributed by atoms with Crippen molar-refractivity contribution in [2.75, 3.05) is 13.2 Å². The maximum Gasteiger partial charge on any atom is 0.501 e. The lowest BCUT2D eigenvalue weighted by Gasteiger charge is -2.31. The molecule has 4 nitrogen and oxygen atoms in total. The van der Waals surface area contributed by atoms with Crippen LogP contribution in [-0.4, -0.2) is 28.1 Å². The number of nitriles is 1. The molecule has 0 amide bonds. The van der Waals surface area contributed by atoms with E-state index in [2.05, 4.69) is 13.0 Å². The van der Waals surface area contributed by atoms with Gasteiger partial charge in [0.25, 0.3) is 0 Å². The van der Waals surface area contributed by atoms with Crippen molar-refractivity contribution in [3.05, 3.63) is 0 Å². The highest BCUT2D eigenvalue weighted by Crippen LogP contribution is 2.21. The summed E-state index contributed by atoms with van der Waals surface area (Å²) in [5, 5.41) is 8.57. The average Bonchev–Trinajstić information content (AvgIpc) is 2.27. The predicted molar refractivity (Wildman–Crippen MR) is 69.5 cm³/mol. The molecule has 0 aliphatic rings. The maximum absolute atomic E-state index is 8.57. The van der Waals surface area contributed by atoms with Crippen LogP contribution in [0.2, 0.25) is 6.04 Å². The van der Waals surface area contributed by atoms with Gasteiger partial charge >= 0.3 is 8.80 Å². The van der Waals surface area contributed by atoms with Gasteiger partial charge in [0.15, 0.2) is 0 Å². The van der Waals surface area contributed by atoms with E-state index in [1.54, 1.807) is 0 Å². The Hall–Kier alpha value is -0.413. The molecule has 1 unspecified atom stereocenters. The zero-order valence-electron chi connectivity index (χ0n) is 11.5. The van der Waals surface area contributed by atoms with Crippen LogP contribution in [0.1, 0.15) is 47.0 Å². The monoisotopic (exact) mass is 259 g/mol. The molecule has 0 aromatic heterocycles. The Labute approximate surface area is 106 Å². The van der Waals surface area contributed by atoms with E-state index in [1.165, 1.54) is 0 Å². The standard InChI is InChI=1S/C12H25NO3Si/c1-5-11-17(14-6-2,15-7-3)16-12(4)9-8-10-13/h12H,5-9,11H2,1-4H3. The molecule has 0 N–H and O–H groups in total. The van der Waals surface area contributed by atoms with E-state index in [1.807, 2.05) is 20.8 Å². The summed E-state index contributed by atoms with van der Waals surface area (Å²) in [6.45, 7) is 9.21. The third-order valence-corrected chi connectivity index (χ3v) is 5.66. The van der Waals surface area contributed by atoms with E-state index < -0.39 is 8.80 Å². The Morgan fingerprint density at radius 2 is 1.76 bits per heavy atom. The van der Waals surface area contributed by atoms with Gasteiger partial charge in [0.2, 0.25) is 0 Å². The van der Waals surface area contributed by atoms with E-state index in [9.17, 15) is 0 Å². The molecule has 0 saturated carbocycles. The molecule has 0 aromatic rings. The molecule has 5 heteroatoms. The molecule has 0 aliphatic carbocycles. The van der Waals surface area contributed by atoms with Gasteiger partial charge in [-0.05, 0) is 27.2 Å². The topological polar surface area (TPSA) is 51.5 Å². The van der Waals surface area contributed by atoms with E-state index in [4.69, 9.17) is 18.5 Å². The predicted octanol–water partition coefficient (Wildman–Crippen LogP) is 3.12. The van der Waals surface area contributed by atoms with Crippen molar-refractivity contribution < 1.29 is 13.3 Å². The Morgan fingerprint density at radius 3 is 2.18 bits per heavy atom. The maximum atomic E-state index is 8.57. The van der Waals surface area contributed by atoms with Crippen LogP contribution in [0.5, 0.6) is 0 Å². The third-order valence-electron chi connectivity index (χ3n) is 2.33. The summed E-state index contributed by atoms with van der Waals surface area (Å²) in [5.41, 5.74) is 0. The molecule has 0 radical (unpaired) electrons. The van der Waals surface area contributed by atoms with Gasteiger partial charge < -0.3 is 13.3 Å². The van der Waals surface area contributed by atoms with Crippen molar-refractivity contribution >= 4 is 8.80 Å². The summed E-state index contributed by atoms with van der Waals surface area (Å²) >= 11 is 0. The highest BCUT2D eigenvalue weighted by Gasteiger charge is 2.41. The lowest BCUT2D eigenvalue weighted by Crippen LogP contribution is -2.47. The molecule has 100 valence electrons. The lowest BCUT2D eigenvalue weighted by molar-refractivity contribution is 0.0359. The first kappa shape index (κ1) is 16.6. The molecule has 1 atom stereocenters. The van der Waals surface area contributed by atoms with Crippen LogP contribution in [0.4, 0.5) is 0 Å². The summed E-state index contributed by atoms with van der Waals surface area (Å²) in [6, 6.07) is 2.97. The molecule has 0 bridgehead atoms. The van der Waals surface area contributed by atoms with Crippen LogP contribution in [0, 0.1) is 11.3 Å². The molecule has 0 heterocycles. The van der Waals surface area contributed by atoms with Crippen LogP contribution in [-0.2, 0) is 13.3 Å². The van der Waals surface area contributed by atoms with E-state index in [-0.39, 0.29) is 6.10 Å². The van der Waals surface area contributed by atoms with Gasteiger partial charge in [-0.2, -0.15) is 5.26 Å². The van der Waals surface area contributed by atoms with Gasteiger partial charge in [-0.15, -0.1) is 0 Å². The molecular formula is C12H25NO3Si. The minimum absolute atomic E-state index is 0.0194. The zero-order chi connectivity index (χ0) is 13.1. The third kappa shape index (κ3) is 6.79. The fourth-order valence-electron chi connectivity index (χ4n) is 1.69. The van der Waals surface area contributed by atoms with Crippen molar-refractivity contribution in [3.8, 4) is 6.07 Å². The van der Waals surface area contributed by atoms with Crippen molar-refractivity contribution in [2.24, 2.45) is 0 Å². The number of hydrogen-bond donors (Lipinski definition) is 0. The first-order valence-electron chi connectivity index (χ1n) is 6.46. The molecule has 17 heavy (non-hydrogen) atoms. The van der Waals surface area contributed by atoms with Crippen molar-refractivity contribution in [1.82, 2.24) is 0 Å². The fraction of sp³-hybridized carbons (Fsp3) is 0.917. The first-order valence-corrected chi connectivity index (χ1v) is 8.39. The molecule has 0 saturated heterocycles. The quantitative estimate of drug-likeness (QED) is 0.566. The summed E-state index contributed by atoms with van der Waals surface area (Å²) in [6.07, 6.45) is 2.24. The Bertz CT molecular complexity index is 213. The Morgan fingerprint density at radius 1 is 1.18 bits per heavy atom. The van der Waals surface area contributed by atoms with Crippen LogP contribution in [0.25, 0.3) is 0 Å². The van der Waals surface area contributed by atoms with Crippen molar-refractivity contribution in [1.29, 1.82) is 5.26 Å². The van der Waals surface area contributed by atoms with Gasteiger partial charge in [-0.1, -0.05) is 13.3 Å². The molecule has 0 rings (SSSR count). The highest BCUT2D eigenvalue weighted by molar-refractivity contribution is 6.60. The van der Waals surface area contributed by atoms with E-state index >= 15 is 0 Å². The Kier molecular flexibility index (Phi) is 9.37. The number of nitrogens with zero attached hydrogens (tertiary/aromatic N) is 1. The largest absolute Gasteiger partial charge is 0.501 e. The van der Waals surface area contributed by atoms with Crippen LogP contribution < -0.4 is 0 Å². The summed E-state index contributed by atoms with van der Waals surface area (Å²) in [4.78, 5) is 0. The van der Waals surface area contributed by atoms with Crippen LogP contribution in [0.15, 0.2) is 0 Å². The van der Waals surface area contributed by atoms with Crippen LogP contribution >= 0.6 is 0 Å². The zero-order valence-corrected chi connectivity index (χ0v) is 12.5. The normalized spacial score (nSPS) is 13.4. The molecule has 0 fully saturated rings. The summed E-state index contributed by atoms with van der Waals surface area (Å²) in [5.74, 6) is 0. The summed E-state index contributed by atoms with van der Waals surface area (Å²) in [7, 11) is -2.52. The number of hydrogen-bond acceptors (Lipinski definition) is 4. The van der Waals surface area contributed by atoms with Gasteiger partial charge in [-0.25, -0.2) is 0 Å². The minimum atomic E-state index is -2.52. The number of rotatable bonds is 10. The smallest absolute Gasteiger partial charge is 0.374 e. The van der Waals surface area contributed by atoms with Gasteiger partial charge in [0, 0.05) is 31.8 Å². The molecule has 0 aromatic carbocycles. The highest BCUT2D eigenvalue weighted by atomic mass is 28.4. The Balaban J connectivity index is 4.47. The first-order chi connectivity index (χ1) is 8.14. The lowest BCUT2D eigenvalue weighted by atomic mass is 10.2. The van der Waals surface area contributed by atoms with Gasteiger partial charge in [0.05, 0.1) is 6.07 Å². The van der Waals surface area contributed by atoms with Gasteiger partial charge in [-0.3, -0.25) is 0 Å².